The van der Waals surface area contributed by atoms with Crippen LogP contribution in [0.5, 0.6) is 5.75 Å². The standard InChI is InChI=1S/C19H24N2O4S/c1-4-5-14(2)20-19(22)15-6-8-16(9-7-15)21-26(23,24)18-12-10-17(25-3)11-13-18/h6-14,21H,4-5H2,1-3H3,(H,20,22)/t14-/m1/s1. The molecule has 0 aliphatic rings. The molecule has 0 heterocycles. The van der Waals surface area contributed by atoms with Gasteiger partial charge in [-0.25, -0.2) is 8.42 Å². The van der Waals surface area contributed by atoms with Crippen molar-refractivity contribution in [1.29, 1.82) is 0 Å². The first-order valence-corrected chi connectivity index (χ1v) is 9.92. The van der Waals surface area contributed by atoms with Crippen molar-refractivity contribution in [2.24, 2.45) is 0 Å². The Morgan fingerprint density at radius 3 is 2.23 bits per heavy atom. The molecule has 2 rings (SSSR count). The summed E-state index contributed by atoms with van der Waals surface area (Å²) in [4.78, 5) is 12.3. The highest BCUT2D eigenvalue weighted by Gasteiger charge is 2.15. The highest BCUT2D eigenvalue weighted by Crippen LogP contribution is 2.19. The number of benzene rings is 2. The van der Waals surface area contributed by atoms with Crippen LogP contribution in [0.1, 0.15) is 37.0 Å². The Labute approximate surface area is 154 Å². The third-order valence-corrected chi connectivity index (χ3v) is 5.27. The summed E-state index contributed by atoms with van der Waals surface area (Å²) in [5, 5.41) is 2.91. The number of hydrogen-bond donors (Lipinski definition) is 2. The number of anilines is 1. The van der Waals surface area contributed by atoms with Gasteiger partial charge in [-0.05, 0) is 61.9 Å². The molecule has 2 aromatic carbocycles. The van der Waals surface area contributed by atoms with Crippen LogP contribution in [0.3, 0.4) is 0 Å². The van der Waals surface area contributed by atoms with Crippen LogP contribution in [0.4, 0.5) is 5.69 Å². The number of amides is 1. The van der Waals surface area contributed by atoms with E-state index in [9.17, 15) is 13.2 Å². The molecule has 0 saturated heterocycles. The largest absolute Gasteiger partial charge is 0.497 e. The van der Waals surface area contributed by atoms with Gasteiger partial charge < -0.3 is 10.1 Å². The van der Waals surface area contributed by atoms with Crippen LogP contribution >= 0.6 is 0 Å². The highest BCUT2D eigenvalue weighted by molar-refractivity contribution is 7.92. The van der Waals surface area contributed by atoms with Crippen LogP contribution in [-0.4, -0.2) is 27.5 Å². The first kappa shape index (κ1) is 19.8. The van der Waals surface area contributed by atoms with Crippen LogP contribution in [0.25, 0.3) is 0 Å². The second-order valence-corrected chi connectivity index (χ2v) is 7.70. The number of sulfonamides is 1. The molecular weight excluding hydrogens is 352 g/mol. The lowest BCUT2D eigenvalue weighted by molar-refractivity contribution is 0.0938. The van der Waals surface area contributed by atoms with Crippen LogP contribution < -0.4 is 14.8 Å². The quantitative estimate of drug-likeness (QED) is 0.739. The third kappa shape index (κ3) is 5.23. The fraction of sp³-hybridized carbons (Fsp3) is 0.316. The van der Waals surface area contributed by atoms with Crippen molar-refractivity contribution in [2.75, 3.05) is 11.8 Å². The maximum atomic E-state index is 12.4. The minimum atomic E-state index is -3.70. The summed E-state index contributed by atoms with van der Waals surface area (Å²) in [6.07, 6.45) is 1.90. The molecule has 26 heavy (non-hydrogen) atoms. The van der Waals surface area contributed by atoms with E-state index in [1.165, 1.54) is 19.2 Å². The molecule has 6 nitrogen and oxygen atoms in total. The number of carbonyl (C=O) groups is 1. The van der Waals surface area contributed by atoms with E-state index in [4.69, 9.17) is 4.74 Å². The molecule has 0 spiro atoms. The Morgan fingerprint density at radius 2 is 1.69 bits per heavy atom. The van der Waals surface area contributed by atoms with E-state index in [2.05, 4.69) is 17.0 Å². The van der Waals surface area contributed by atoms with Crippen molar-refractivity contribution in [1.82, 2.24) is 5.32 Å². The highest BCUT2D eigenvalue weighted by atomic mass is 32.2. The fourth-order valence-corrected chi connectivity index (χ4v) is 3.53. The van der Waals surface area contributed by atoms with Gasteiger partial charge in [0, 0.05) is 17.3 Å². The van der Waals surface area contributed by atoms with Crippen LogP contribution in [-0.2, 0) is 10.0 Å². The van der Waals surface area contributed by atoms with Crippen molar-refractivity contribution < 1.29 is 17.9 Å². The maximum Gasteiger partial charge on any atom is 0.261 e. The lowest BCUT2D eigenvalue weighted by atomic mass is 10.1. The van der Waals surface area contributed by atoms with Crippen LogP contribution in [0.15, 0.2) is 53.4 Å². The van der Waals surface area contributed by atoms with E-state index in [0.29, 0.717) is 17.0 Å². The SMILES string of the molecule is CCC[C@@H](C)NC(=O)c1ccc(NS(=O)(=O)c2ccc(OC)cc2)cc1. The van der Waals surface area contributed by atoms with E-state index in [1.807, 2.05) is 6.92 Å². The average molecular weight is 376 g/mol. The summed E-state index contributed by atoms with van der Waals surface area (Å²) in [6, 6.07) is 12.5. The predicted molar refractivity (Wildman–Crippen MR) is 102 cm³/mol. The molecule has 0 aliphatic heterocycles. The third-order valence-electron chi connectivity index (χ3n) is 3.87. The zero-order valence-electron chi connectivity index (χ0n) is 15.2. The lowest BCUT2D eigenvalue weighted by Gasteiger charge is -2.13. The van der Waals surface area contributed by atoms with Crippen molar-refractivity contribution in [3.05, 3.63) is 54.1 Å². The van der Waals surface area contributed by atoms with Crippen molar-refractivity contribution in [2.45, 2.75) is 37.6 Å². The molecule has 2 aromatic rings. The number of carbonyl (C=O) groups excluding carboxylic acids is 1. The van der Waals surface area contributed by atoms with E-state index in [-0.39, 0.29) is 16.8 Å². The van der Waals surface area contributed by atoms with Gasteiger partial charge in [0.1, 0.15) is 5.75 Å². The van der Waals surface area contributed by atoms with Gasteiger partial charge in [0.25, 0.3) is 15.9 Å². The Morgan fingerprint density at radius 1 is 1.08 bits per heavy atom. The summed E-state index contributed by atoms with van der Waals surface area (Å²) in [5.74, 6) is 0.409. The second kappa shape index (κ2) is 8.71. The Hall–Kier alpha value is -2.54. The van der Waals surface area contributed by atoms with Gasteiger partial charge in [-0.2, -0.15) is 0 Å². The van der Waals surface area contributed by atoms with Crippen LogP contribution in [0, 0.1) is 0 Å². The molecule has 2 N–H and O–H groups in total. The summed E-state index contributed by atoms with van der Waals surface area (Å²) in [6.45, 7) is 4.02. The van der Waals surface area contributed by atoms with Crippen molar-refractivity contribution in [3.8, 4) is 5.75 Å². The molecule has 0 aliphatic carbocycles. The minimum Gasteiger partial charge on any atom is -0.497 e. The molecule has 0 radical (unpaired) electrons. The molecule has 140 valence electrons. The minimum absolute atomic E-state index is 0.0979. The van der Waals surface area contributed by atoms with Gasteiger partial charge in [-0.15, -0.1) is 0 Å². The van der Waals surface area contributed by atoms with E-state index < -0.39 is 10.0 Å². The number of rotatable bonds is 8. The Bertz CT molecular complexity index is 831. The van der Waals surface area contributed by atoms with E-state index in [0.717, 1.165) is 12.8 Å². The topological polar surface area (TPSA) is 84.5 Å². The summed E-state index contributed by atoms with van der Waals surface area (Å²) >= 11 is 0. The van der Waals surface area contributed by atoms with Crippen molar-refractivity contribution in [3.63, 3.8) is 0 Å². The lowest BCUT2D eigenvalue weighted by Crippen LogP contribution is -2.32. The van der Waals surface area contributed by atoms with Gasteiger partial charge in [0.2, 0.25) is 0 Å². The van der Waals surface area contributed by atoms with Gasteiger partial charge in [0.05, 0.1) is 12.0 Å². The number of hydrogen-bond acceptors (Lipinski definition) is 4. The van der Waals surface area contributed by atoms with Crippen LogP contribution in [0.2, 0.25) is 0 Å². The number of nitrogens with one attached hydrogen (secondary N) is 2. The molecule has 0 fully saturated rings. The summed E-state index contributed by atoms with van der Waals surface area (Å²) < 4.78 is 32.3. The van der Waals surface area contributed by atoms with Gasteiger partial charge >= 0.3 is 0 Å². The maximum absolute atomic E-state index is 12.4. The van der Waals surface area contributed by atoms with Gasteiger partial charge in [-0.3, -0.25) is 9.52 Å². The monoisotopic (exact) mass is 376 g/mol. The Balaban J connectivity index is 2.06. The molecule has 0 saturated carbocycles. The number of ether oxygens (including phenoxy) is 1. The normalized spacial score (nSPS) is 12.3. The van der Waals surface area contributed by atoms with E-state index >= 15 is 0 Å². The second-order valence-electron chi connectivity index (χ2n) is 6.02. The first-order chi connectivity index (χ1) is 12.4. The summed E-state index contributed by atoms with van der Waals surface area (Å²) in [7, 11) is -2.19. The molecule has 0 bridgehead atoms. The van der Waals surface area contributed by atoms with Gasteiger partial charge in [-0.1, -0.05) is 13.3 Å². The smallest absolute Gasteiger partial charge is 0.261 e. The van der Waals surface area contributed by atoms with E-state index in [1.54, 1.807) is 36.4 Å². The van der Waals surface area contributed by atoms with Gasteiger partial charge in [0.15, 0.2) is 0 Å². The average Bonchev–Trinajstić information content (AvgIpc) is 2.62. The molecule has 0 unspecified atom stereocenters. The summed E-state index contributed by atoms with van der Waals surface area (Å²) in [5.41, 5.74) is 0.874. The molecule has 1 atom stereocenters. The molecular formula is C19H24N2O4S. The first-order valence-electron chi connectivity index (χ1n) is 8.43. The molecule has 1 amide bonds. The zero-order chi connectivity index (χ0) is 19.2. The molecule has 0 aromatic heterocycles. The zero-order valence-corrected chi connectivity index (χ0v) is 16.0. The predicted octanol–water partition coefficient (Wildman–Crippen LogP) is 3.41. The molecule has 7 heteroatoms. The fourth-order valence-electron chi connectivity index (χ4n) is 2.47. The Kier molecular flexibility index (Phi) is 6.63. The number of methoxy groups -OCH3 is 1. The van der Waals surface area contributed by atoms with Crippen molar-refractivity contribution >= 4 is 21.6 Å².